The Bertz CT molecular complexity index is 374. The topological polar surface area (TPSA) is 61.9 Å². The van der Waals surface area contributed by atoms with Crippen molar-refractivity contribution >= 4 is 11.9 Å². The van der Waals surface area contributed by atoms with Crippen LogP contribution in [0.5, 0.6) is 0 Å². The number of nitrogens with one attached hydrogen (secondary N) is 1. The van der Waals surface area contributed by atoms with Crippen molar-refractivity contribution in [2.75, 3.05) is 46.9 Å². The van der Waals surface area contributed by atoms with Crippen molar-refractivity contribution < 1.29 is 14.3 Å². The van der Waals surface area contributed by atoms with Crippen molar-refractivity contribution in [3.8, 4) is 0 Å². The van der Waals surface area contributed by atoms with Gasteiger partial charge in [0, 0.05) is 39.6 Å². The van der Waals surface area contributed by atoms with Crippen LogP contribution < -0.4 is 5.32 Å². The molecule has 1 rings (SSSR count). The van der Waals surface area contributed by atoms with Gasteiger partial charge in [-0.3, -0.25) is 4.79 Å². The molecule has 0 unspecified atom stereocenters. The summed E-state index contributed by atoms with van der Waals surface area (Å²) in [5.41, 5.74) is 0.972. The summed E-state index contributed by atoms with van der Waals surface area (Å²) in [6.45, 7) is 8.47. The maximum absolute atomic E-state index is 12.0. The molecule has 1 N–H and O–H groups in total. The summed E-state index contributed by atoms with van der Waals surface area (Å²) in [4.78, 5) is 27.2. The second-order valence-electron chi connectivity index (χ2n) is 5.74. The SMILES string of the molecule is C=C(C)COCCNC(=O)C1CCN(C(=O)N(C)C)CC1. The molecule has 0 saturated carbocycles. The van der Waals surface area contributed by atoms with E-state index in [0.717, 1.165) is 18.4 Å². The number of likely N-dealkylation sites (tertiary alicyclic amines) is 1. The van der Waals surface area contributed by atoms with Gasteiger partial charge in [0.1, 0.15) is 0 Å². The number of amides is 3. The number of piperidine rings is 1. The third-order valence-corrected chi connectivity index (χ3v) is 3.41. The molecule has 1 aliphatic rings. The van der Waals surface area contributed by atoms with Gasteiger partial charge in [-0.05, 0) is 19.8 Å². The molecule has 0 aromatic heterocycles. The third-order valence-electron chi connectivity index (χ3n) is 3.41. The summed E-state index contributed by atoms with van der Waals surface area (Å²) in [6, 6.07) is 0.0158. The zero-order valence-electron chi connectivity index (χ0n) is 13.4. The smallest absolute Gasteiger partial charge is 0.319 e. The number of carbonyl (C=O) groups is 2. The van der Waals surface area contributed by atoms with E-state index in [1.807, 2.05) is 6.92 Å². The van der Waals surface area contributed by atoms with E-state index in [-0.39, 0.29) is 17.9 Å². The second-order valence-corrected chi connectivity index (χ2v) is 5.74. The quantitative estimate of drug-likeness (QED) is 0.590. The van der Waals surface area contributed by atoms with Gasteiger partial charge < -0.3 is 19.9 Å². The van der Waals surface area contributed by atoms with E-state index >= 15 is 0 Å². The lowest BCUT2D eigenvalue weighted by Crippen LogP contribution is -2.46. The summed E-state index contributed by atoms with van der Waals surface area (Å²) in [6.07, 6.45) is 1.44. The number of nitrogens with zero attached hydrogens (tertiary/aromatic N) is 2. The minimum Gasteiger partial charge on any atom is -0.375 e. The average molecular weight is 297 g/mol. The minimum absolute atomic E-state index is 0.00245. The number of carbonyl (C=O) groups excluding carboxylic acids is 2. The van der Waals surface area contributed by atoms with Gasteiger partial charge in [-0.1, -0.05) is 12.2 Å². The highest BCUT2D eigenvalue weighted by molar-refractivity contribution is 5.79. The molecule has 0 aromatic rings. The van der Waals surface area contributed by atoms with Crippen LogP contribution in [0.1, 0.15) is 19.8 Å². The van der Waals surface area contributed by atoms with Crippen molar-refractivity contribution in [3.63, 3.8) is 0 Å². The van der Waals surface area contributed by atoms with E-state index in [1.165, 1.54) is 0 Å². The van der Waals surface area contributed by atoms with E-state index in [1.54, 1.807) is 23.9 Å². The monoisotopic (exact) mass is 297 g/mol. The highest BCUT2D eigenvalue weighted by atomic mass is 16.5. The molecule has 0 aliphatic carbocycles. The van der Waals surface area contributed by atoms with E-state index < -0.39 is 0 Å². The zero-order chi connectivity index (χ0) is 15.8. The lowest BCUT2D eigenvalue weighted by atomic mass is 9.96. The van der Waals surface area contributed by atoms with E-state index in [9.17, 15) is 9.59 Å². The predicted molar refractivity (Wildman–Crippen MR) is 82.0 cm³/mol. The van der Waals surface area contributed by atoms with Crippen molar-refractivity contribution in [2.45, 2.75) is 19.8 Å². The van der Waals surface area contributed by atoms with Crippen LogP contribution in [-0.4, -0.2) is 68.7 Å². The van der Waals surface area contributed by atoms with Gasteiger partial charge in [0.2, 0.25) is 5.91 Å². The highest BCUT2D eigenvalue weighted by Gasteiger charge is 2.27. The van der Waals surface area contributed by atoms with Crippen LogP contribution in [-0.2, 0) is 9.53 Å². The Balaban J connectivity index is 2.20. The molecular formula is C15H27N3O3. The fourth-order valence-corrected chi connectivity index (χ4v) is 2.25. The molecule has 1 heterocycles. The molecular weight excluding hydrogens is 270 g/mol. The second kappa shape index (κ2) is 8.67. The van der Waals surface area contributed by atoms with Crippen molar-refractivity contribution in [2.24, 2.45) is 5.92 Å². The molecule has 0 bridgehead atoms. The Kier molecular flexibility index (Phi) is 7.22. The highest BCUT2D eigenvalue weighted by Crippen LogP contribution is 2.17. The van der Waals surface area contributed by atoms with Crippen LogP contribution in [0, 0.1) is 5.92 Å². The van der Waals surface area contributed by atoms with Crippen LogP contribution in [0.4, 0.5) is 4.79 Å². The first-order valence-corrected chi connectivity index (χ1v) is 7.38. The van der Waals surface area contributed by atoms with Crippen molar-refractivity contribution in [3.05, 3.63) is 12.2 Å². The lowest BCUT2D eigenvalue weighted by molar-refractivity contribution is -0.126. The van der Waals surface area contributed by atoms with E-state index in [0.29, 0.717) is 32.8 Å². The first kappa shape index (κ1) is 17.5. The third kappa shape index (κ3) is 6.16. The van der Waals surface area contributed by atoms with Crippen LogP contribution in [0.3, 0.4) is 0 Å². The molecule has 0 atom stereocenters. The zero-order valence-corrected chi connectivity index (χ0v) is 13.4. The molecule has 1 fully saturated rings. The van der Waals surface area contributed by atoms with Gasteiger partial charge in [0.25, 0.3) is 0 Å². The average Bonchev–Trinajstić information content (AvgIpc) is 2.45. The van der Waals surface area contributed by atoms with Gasteiger partial charge in [0.05, 0.1) is 13.2 Å². The number of hydrogen-bond donors (Lipinski definition) is 1. The summed E-state index contributed by atoms with van der Waals surface area (Å²) in [7, 11) is 3.48. The first-order chi connectivity index (χ1) is 9.91. The number of urea groups is 1. The fraction of sp³-hybridized carbons (Fsp3) is 0.733. The van der Waals surface area contributed by atoms with Crippen LogP contribution >= 0.6 is 0 Å². The Morgan fingerprint density at radius 1 is 1.33 bits per heavy atom. The summed E-state index contributed by atoms with van der Waals surface area (Å²) in [5, 5.41) is 2.89. The minimum atomic E-state index is -0.00245. The van der Waals surface area contributed by atoms with Crippen molar-refractivity contribution in [1.29, 1.82) is 0 Å². The summed E-state index contributed by atoms with van der Waals surface area (Å²) < 4.78 is 5.34. The molecule has 0 radical (unpaired) electrons. The van der Waals surface area contributed by atoms with Gasteiger partial charge in [0.15, 0.2) is 0 Å². The Hall–Kier alpha value is -1.56. The largest absolute Gasteiger partial charge is 0.375 e. The number of hydrogen-bond acceptors (Lipinski definition) is 3. The fourth-order valence-electron chi connectivity index (χ4n) is 2.25. The maximum atomic E-state index is 12.0. The van der Waals surface area contributed by atoms with Crippen LogP contribution in [0.2, 0.25) is 0 Å². The molecule has 0 aromatic carbocycles. The summed E-state index contributed by atoms with van der Waals surface area (Å²) in [5.74, 6) is 0.0585. The molecule has 6 heteroatoms. The van der Waals surface area contributed by atoms with Gasteiger partial charge >= 0.3 is 6.03 Å². The van der Waals surface area contributed by atoms with E-state index in [2.05, 4.69) is 11.9 Å². The Morgan fingerprint density at radius 3 is 2.48 bits per heavy atom. The standard InChI is InChI=1S/C15H27N3O3/c1-12(2)11-21-10-7-16-14(19)13-5-8-18(9-6-13)15(20)17(3)4/h13H,1,5-11H2,2-4H3,(H,16,19). The van der Waals surface area contributed by atoms with Gasteiger partial charge in [-0.25, -0.2) is 4.79 Å². The van der Waals surface area contributed by atoms with E-state index in [4.69, 9.17) is 4.74 Å². The number of ether oxygens (including phenoxy) is 1. The van der Waals surface area contributed by atoms with Crippen LogP contribution in [0.15, 0.2) is 12.2 Å². The van der Waals surface area contributed by atoms with Gasteiger partial charge in [-0.15, -0.1) is 0 Å². The molecule has 3 amide bonds. The molecule has 6 nitrogen and oxygen atoms in total. The Morgan fingerprint density at radius 2 is 1.95 bits per heavy atom. The normalized spacial score (nSPS) is 15.7. The molecule has 1 saturated heterocycles. The summed E-state index contributed by atoms with van der Waals surface area (Å²) >= 11 is 0. The molecule has 1 aliphatic heterocycles. The predicted octanol–water partition coefficient (Wildman–Crippen LogP) is 1.09. The molecule has 0 spiro atoms. The number of rotatable bonds is 6. The van der Waals surface area contributed by atoms with Crippen LogP contribution in [0.25, 0.3) is 0 Å². The first-order valence-electron chi connectivity index (χ1n) is 7.38. The molecule has 120 valence electrons. The molecule has 21 heavy (non-hydrogen) atoms. The van der Waals surface area contributed by atoms with Gasteiger partial charge in [-0.2, -0.15) is 0 Å². The maximum Gasteiger partial charge on any atom is 0.319 e. The lowest BCUT2D eigenvalue weighted by Gasteiger charge is -2.33. The Labute approximate surface area is 127 Å². The van der Waals surface area contributed by atoms with Crippen molar-refractivity contribution in [1.82, 2.24) is 15.1 Å².